The van der Waals surface area contributed by atoms with E-state index in [-0.39, 0.29) is 5.69 Å². The van der Waals surface area contributed by atoms with E-state index in [1.54, 1.807) is 6.07 Å². The number of nitrogens with two attached hydrogens (primary N) is 1. The Labute approximate surface area is 92.4 Å². The normalized spacial score (nSPS) is 15.7. The first kappa shape index (κ1) is 10.8. The van der Waals surface area contributed by atoms with Gasteiger partial charge in [-0.2, -0.15) is 4.39 Å². The number of amides is 1. The van der Waals surface area contributed by atoms with Gasteiger partial charge in [0.1, 0.15) is 5.69 Å². The van der Waals surface area contributed by atoms with Gasteiger partial charge in [0.15, 0.2) is 0 Å². The van der Waals surface area contributed by atoms with Gasteiger partial charge < -0.3 is 11.1 Å². The number of nitrogens with one attached hydrogen (secondary N) is 1. The highest BCUT2D eigenvalue weighted by molar-refractivity contribution is 5.91. The molecule has 0 fully saturated rings. The molecule has 0 aliphatic carbocycles. The second kappa shape index (κ2) is 4.40. The van der Waals surface area contributed by atoms with E-state index in [1.807, 2.05) is 6.08 Å². The van der Waals surface area contributed by atoms with Crippen LogP contribution in [0.5, 0.6) is 0 Å². The summed E-state index contributed by atoms with van der Waals surface area (Å²) < 4.78 is 13.6. The predicted octanol–water partition coefficient (Wildman–Crippen LogP) is 0.696. The summed E-state index contributed by atoms with van der Waals surface area (Å²) in [4.78, 5) is 14.4. The van der Waals surface area contributed by atoms with Gasteiger partial charge in [-0.1, -0.05) is 6.08 Å². The lowest BCUT2D eigenvalue weighted by molar-refractivity contribution is 0.0994. The average Bonchev–Trinajstić information content (AvgIpc) is 2.30. The summed E-state index contributed by atoms with van der Waals surface area (Å²) in [5, 5.41) is 3.14. The molecular weight excluding hydrogens is 209 g/mol. The number of carbonyl (C=O) groups excluding carboxylic acids is 1. The Bertz CT molecular complexity index is 457. The minimum Gasteiger partial charge on any atom is -0.364 e. The van der Waals surface area contributed by atoms with E-state index in [1.165, 1.54) is 6.07 Å². The molecule has 3 N–H and O–H groups in total. The van der Waals surface area contributed by atoms with Crippen LogP contribution in [0, 0.1) is 5.95 Å². The topological polar surface area (TPSA) is 68.0 Å². The summed E-state index contributed by atoms with van der Waals surface area (Å²) in [7, 11) is 0. The second-order valence-electron chi connectivity index (χ2n) is 3.58. The summed E-state index contributed by atoms with van der Waals surface area (Å²) in [5.41, 5.74) is 6.34. The Balaban J connectivity index is 2.35. The molecule has 0 radical (unpaired) electrons. The molecule has 2 heterocycles. The zero-order valence-electron chi connectivity index (χ0n) is 8.66. The van der Waals surface area contributed by atoms with Gasteiger partial charge in [0.2, 0.25) is 5.95 Å². The van der Waals surface area contributed by atoms with E-state index in [4.69, 9.17) is 5.73 Å². The van der Waals surface area contributed by atoms with Gasteiger partial charge in [-0.25, -0.2) is 4.98 Å². The molecule has 5 heteroatoms. The molecule has 1 aliphatic heterocycles. The number of nitrogens with zero attached hydrogens (tertiary/aromatic N) is 1. The predicted molar refractivity (Wildman–Crippen MR) is 58.2 cm³/mol. The molecule has 0 aromatic carbocycles. The zero-order chi connectivity index (χ0) is 11.5. The SMILES string of the molecule is NC(=O)c1ccc(C2=CCNCC2)c(F)n1. The van der Waals surface area contributed by atoms with E-state index in [0.29, 0.717) is 5.56 Å². The molecule has 1 aromatic heterocycles. The van der Waals surface area contributed by atoms with Crippen LogP contribution < -0.4 is 11.1 Å². The van der Waals surface area contributed by atoms with Crippen molar-refractivity contribution in [2.75, 3.05) is 13.1 Å². The fraction of sp³-hybridized carbons (Fsp3) is 0.273. The molecule has 0 unspecified atom stereocenters. The van der Waals surface area contributed by atoms with E-state index in [2.05, 4.69) is 10.3 Å². The van der Waals surface area contributed by atoms with E-state index in [9.17, 15) is 9.18 Å². The van der Waals surface area contributed by atoms with Crippen molar-refractivity contribution >= 4 is 11.5 Å². The third kappa shape index (κ3) is 2.09. The van der Waals surface area contributed by atoms with Crippen molar-refractivity contribution in [3.8, 4) is 0 Å². The molecular formula is C11H12FN3O. The van der Waals surface area contributed by atoms with Crippen LogP contribution in [-0.2, 0) is 0 Å². The minimum absolute atomic E-state index is 0.0456. The van der Waals surface area contributed by atoms with Crippen LogP contribution >= 0.6 is 0 Å². The van der Waals surface area contributed by atoms with Gasteiger partial charge in [-0.15, -0.1) is 0 Å². The summed E-state index contributed by atoms with van der Waals surface area (Å²) >= 11 is 0. The van der Waals surface area contributed by atoms with Crippen LogP contribution in [0.1, 0.15) is 22.5 Å². The quantitative estimate of drug-likeness (QED) is 0.722. The first-order valence-corrected chi connectivity index (χ1v) is 5.05. The molecule has 4 nitrogen and oxygen atoms in total. The third-order valence-corrected chi connectivity index (χ3v) is 2.51. The molecule has 0 saturated carbocycles. The fourth-order valence-electron chi connectivity index (χ4n) is 1.68. The number of primary amides is 1. The number of rotatable bonds is 2. The van der Waals surface area contributed by atoms with Crippen molar-refractivity contribution in [2.24, 2.45) is 5.73 Å². The van der Waals surface area contributed by atoms with Crippen LogP contribution in [0.4, 0.5) is 4.39 Å². The Morgan fingerprint density at radius 1 is 1.50 bits per heavy atom. The van der Waals surface area contributed by atoms with E-state index < -0.39 is 11.9 Å². The highest BCUT2D eigenvalue weighted by Crippen LogP contribution is 2.21. The summed E-state index contributed by atoms with van der Waals surface area (Å²) in [6.45, 7) is 1.55. The highest BCUT2D eigenvalue weighted by atomic mass is 19.1. The lowest BCUT2D eigenvalue weighted by Crippen LogP contribution is -2.21. The molecule has 0 saturated heterocycles. The highest BCUT2D eigenvalue weighted by Gasteiger charge is 2.13. The van der Waals surface area contributed by atoms with Gasteiger partial charge in [0.05, 0.1) is 0 Å². The maximum atomic E-state index is 13.6. The summed E-state index contributed by atoms with van der Waals surface area (Å²) in [6.07, 6.45) is 2.68. The molecule has 0 atom stereocenters. The maximum Gasteiger partial charge on any atom is 0.267 e. The summed E-state index contributed by atoms with van der Waals surface area (Å²) in [5.74, 6) is -1.35. The van der Waals surface area contributed by atoms with Crippen molar-refractivity contribution in [2.45, 2.75) is 6.42 Å². The van der Waals surface area contributed by atoms with E-state index in [0.717, 1.165) is 25.1 Å². The van der Waals surface area contributed by atoms with Gasteiger partial charge >= 0.3 is 0 Å². The van der Waals surface area contributed by atoms with E-state index >= 15 is 0 Å². The monoisotopic (exact) mass is 221 g/mol. The van der Waals surface area contributed by atoms with Crippen LogP contribution in [-0.4, -0.2) is 24.0 Å². The molecule has 84 valence electrons. The third-order valence-electron chi connectivity index (χ3n) is 2.51. The largest absolute Gasteiger partial charge is 0.364 e. The van der Waals surface area contributed by atoms with Gasteiger partial charge in [0, 0.05) is 12.1 Å². The molecule has 1 aliphatic rings. The molecule has 1 amide bonds. The number of pyridine rings is 1. The lowest BCUT2D eigenvalue weighted by Gasteiger charge is -2.14. The average molecular weight is 221 g/mol. The van der Waals surface area contributed by atoms with Crippen LogP contribution in [0.25, 0.3) is 5.57 Å². The standard InChI is InChI=1S/C11H12FN3O/c12-10-8(7-3-5-14-6-4-7)1-2-9(15-10)11(13)16/h1-3,14H,4-6H2,(H2,13,16). The van der Waals surface area contributed by atoms with Gasteiger partial charge in [-0.05, 0) is 30.7 Å². The Hall–Kier alpha value is -1.75. The smallest absolute Gasteiger partial charge is 0.267 e. The van der Waals surface area contributed by atoms with Crippen molar-refractivity contribution in [3.05, 3.63) is 35.4 Å². The first-order valence-electron chi connectivity index (χ1n) is 5.05. The fourth-order valence-corrected chi connectivity index (χ4v) is 1.68. The number of hydrogen-bond acceptors (Lipinski definition) is 3. The van der Waals surface area contributed by atoms with Crippen LogP contribution in [0.3, 0.4) is 0 Å². The minimum atomic E-state index is -0.718. The number of aromatic nitrogens is 1. The molecule has 16 heavy (non-hydrogen) atoms. The van der Waals surface area contributed by atoms with Crippen molar-refractivity contribution in [1.82, 2.24) is 10.3 Å². The van der Waals surface area contributed by atoms with Crippen molar-refractivity contribution in [1.29, 1.82) is 0 Å². The number of hydrogen-bond donors (Lipinski definition) is 2. The summed E-state index contributed by atoms with van der Waals surface area (Å²) in [6, 6.07) is 3.00. The van der Waals surface area contributed by atoms with Gasteiger partial charge in [0.25, 0.3) is 5.91 Å². The van der Waals surface area contributed by atoms with Crippen molar-refractivity contribution < 1.29 is 9.18 Å². The Kier molecular flexibility index (Phi) is 2.96. The molecule has 0 bridgehead atoms. The number of halogens is 1. The molecule has 0 spiro atoms. The van der Waals surface area contributed by atoms with Crippen LogP contribution in [0.15, 0.2) is 18.2 Å². The first-order chi connectivity index (χ1) is 7.68. The lowest BCUT2D eigenvalue weighted by atomic mass is 10.0. The van der Waals surface area contributed by atoms with Crippen LogP contribution in [0.2, 0.25) is 0 Å². The maximum absolute atomic E-state index is 13.6. The molecule has 1 aromatic rings. The zero-order valence-corrected chi connectivity index (χ0v) is 8.66. The Morgan fingerprint density at radius 3 is 2.88 bits per heavy atom. The second-order valence-corrected chi connectivity index (χ2v) is 3.58. The van der Waals surface area contributed by atoms with Gasteiger partial charge in [-0.3, -0.25) is 4.79 Å². The van der Waals surface area contributed by atoms with Crippen molar-refractivity contribution in [3.63, 3.8) is 0 Å². The Morgan fingerprint density at radius 2 is 2.31 bits per heavy atom. The number of carbonyl (C=O) groups is 1. The molecule has 2 rings (SSSR count).